The Morgan fingerprint density at radius 2 is 1.88 bits per heavy atom. The molecular weight excluding hydrogens is 204 g/mol. The number of rotatable bonds is 2. The Labute approximate surface area is 95.7 Å². The van der Waals surface area contributed by atoms with Gasteiger partial charge in [-0.05, 0) is 35.1 Å². The highest BCUT2D eigenvalue weighted by molar-refractivity contribution is 5.71. The van der Waals surface area contributed by atoms with Crippen LogP contribution in [0.5, 0.6) is 5.75 Å². The molecule has 0 aromatic heterocycles. The van der Waals surface area contributed by atoms with Gasteiger partial charge in [0.05, 0.1) is 6.42 Å². The summed E-state index contributed by atoms with van der Waals surface area (Å²) in [7, 11) is 0. The molecule has 0 fully saturated rings. The third-order valence-corrected chi connectivity index (χ3v) is 2.60. The van der Waals surface area contributed by atoms with Gasteiger partial charge in [-0.15, -0.1) is 0 Å². The molecule has 0 saturated carbocycles. The Kier molecular flexibility index (Phi) is 3.27. The summed E-state index contributed by atoms with van der Waals surface area (Å²) in [6, 6.07) is 3.43. The molecule has 0 spiro atoms. The molecule has 0 saturated heterocycles. The van der Waals surface area contributed by atoms with Crippen molar-refractivity contribution in [1.82, 2.24) is 0 Å². The van der Waals surface area contributed by atoms with Crippen LogP contribution in [0, 0.1) is 6.92 Å². The standard InChI is InChI=1S/C13H18O3/c1-8-5-10(13(2,3)4)11(14)6-9(8)7-12(15)16/h5-6,14H,7H2,1-4H3,(H,15,16). The Balaban J connectivity index is 3.22. The fourth-order valence-corrected chi connectivity index (χ4v) is 1.69. The van der Waals surface area contributed by atoms with E-state index in [1.165, 1.54) is 0 Å². The van der Waals surface area contributed by atoms with Gasteiger partial charge in [-0.25, -0.2) is 0 Å². The summed E-state index contributed by atoms with van der Waals surface area (Å²) in [5.41, 5.74) is 2.28. The van der Waals surface area contributed by atoms with E-state index in [4.69, 9.17) is 5.11 Å². The third-order valence-electron chi connectivity index (χ3n) is 2.60. The van der Waals surface area contributed by atoms with Crippen molar-refractivity contribution in [1.29, 1.82) is 0 Å². The number of aliphatic carboxylic acids is 1. The summed E-state index contributed by atoms with van der Waals surface area (Å²) in [5.74, 6) is -0.708. The predicted octanol–water partition coefficient (Wildman–Crippen LogP) is 2.63. The van der Waals surface area contributed by atoms with Gasteiger partial charge in [-0.3, -0.25) is 4.79 Å². The van der Waals surface area contributed by atoms with Crippen molar-refractivity contribution in [3.05, 3.63) is 28.8 Å². The number of phenols is 1. The molecular formula is C13H18O3. The quantitative estimate of drug-likeness (QED) is 0.808. The SMILES string of the molecule is Cc1cc(C(C)(C)C)c(O)cc1CC(=O)O. The zero-order valence-electron chi connectivity index (χ0n) is 10.2. The number of phenolic OH excluding ortho intramolecular Hbond substituents is 1. The van der Waals surface area contributed by atoms with Crippen LogP contribution in [-0.2, 0) is 16.6 Å². The largest absolute Gasteiger partial charge is 0.508 e. The molecule has 0 aliphatic carbocycles. The number of hydrogen-bond donors (Lipinski definition) is 2. The van der Waals surface area contributed by atoms with Gasteiger partial charge < -0.3 is 10.2 Å². The van der Waals surface area contributed by atoms with Crippen LogP contribution in [0.2, 0.25) is 0 Å². The third kappa shape index (κ3) is 2.75. The van der Waals surface area contributed by atoms with Crippen LogP contribution in [0.15, 0.2) is 12.1 Å². The number of benzene rings is 1. The highest BCUT2D eigenvalue weighted by atomic mass is 16.4. The van der Waals surface area contributed by atoms with Crippen molar-refractivity contribution in [3.8, 4) is 5.75 Å². The lowest BCUT2D eigenvalue weighted by Gasteiger charge is -2.22. The molecule has 0 atom stereocenters. The fraction of sp³-hybridized carbons (Fsp3) is 0.462. The average Bonchev–Trinajstić information content (AvgIpc) is 2.07. The van der Waals surface area contributed by atoms with Crippen LogP contribution in [0.4, 0.5) is 0 Å². The second-order valence-electron chi connectivity index (χ2n) is 5.12. The van der Waals surface area contributed by atoms with Crippen LogP contribution < -0.4 is 0 Å². The van der Waals surface area contributed by atoms with Crippen molar-refractivity contribution < 1.29 is 15.0 Å². The van der Waals surface area contributed by atoms with Crippen LogP contribution in [0.25, 0.3) is 0 Å². The second-order valence-corrected chi connectivity index (χ2v) is 5.12. The van der Waals surface area contributed by atoms with Crippen molar-refractivity contribution in [2.24, 2.45) is 0 Å². The van der Waals surface area contributed by atoms with Gasteiger partial charge in [0.1, 0.15) is 5.75 Å². The first-order valence-electron chi connectivity index (χ1n) is 5.26. The number of aryl methyl sites for hydroxylation is 1. The Bertz CT molecular complexity index is 414. The average molecular weight is 222 g/mol. The minimum Gasteiger partial charge on any atom is -0.508 e. The Morgan fingerprint density at radius 3 is 2.31 bits per heavy atom. The van der Waals surface area contributed by atoms with E-state index in [1.807, 2.05) is 33.8 Å². The molecule has 0 amide bonds. The van der Waals surface area contributed by atoms with E-state index in [-0.39, 0.29) is 17.6 Å². The summed E-state index contributed by atoms with van der Waals surface area (Å²) < 4.78 is 0. The molecule has 0 aliphatic rings. The van der Waals surface area contributed by atoms with Gasteiger partial charge in [0.25, 0.3) is 0 Å². The van der Waals surface area contributed by atoms with Crippen LogP contribution in [0.3, 0.4) is 0 Å². The first-order valence-corrected chi connectivity index (χ1v) is 5.26. The minimum atomic E-state index is -0.883. The van der Waals surface area contributed by atoms with E-state index >= 15 is 0 Å². The topological polar surface area (TPSA) is 57.5 Å². The molecule has 0 heterocycles. The van der Waals surface area contributed by atoms with Crippen LogP contribution >= 0.6 is 0 Å². The lowest BCUT2D eigenvalue weighted by Crippen LogP contribution is -2.12. The van der Waals surface area contributed by atoms with Gasteiger partial charge in [0.15, 0.2) is 0 Å². The summed E-state index contributed by atoms with van der Waals surface area (Å²) in [6.45, 7) is 7.90. The van der Waals surface area contributed by atoms with Gasteiger partial charge in [0.2, 0.25) is 0 Å². The molecule has 3 nitrogen and oxygen atoms in total. The van der Waals surface area contributed by atoms with E-state index in [0.717, 1.165) is 11.1 Å². The normalized spacial score (nSPS) is 11.5. The number of carboxylic acid groups (broad SMARTS) is 1. The Morgan fingerprint density at radius 1 is 1.31 bits per heavy atom. The van der Waals surface area contributed by atoms with Gasteiger partial charge in [0, 0.05) is 0 Å². The van der Waals surface area contributed by atoms with Crippen molar-refractivity contribution in [3.63, 3.8) is 0 Å². The van der Waals surface area contributed by atoms with E-state index in [0.29, 0.717) is 5.56 Å². The Hall–Kier alpha value is -1.51. The molecule has 0 radical (unpaired) electrons. The monoisotopic (exact) mass is 222 g/mol. The molecule has 1 rings (SSSR count). The molecule has 0 unspecified atom stereocenters. The van der Waals surface area contributed by atoms with Crippen molar-refractivity contribution >= 4 is 5.97 Å². The number of aromatic hydroxyl groups is 1. The minimum absolute atomic E-state index is 0.0518. The summed E-state index contributed by atoms with van der Waals surface area (Å²) >= 11 is 0. The maximum atomic E-state index is 10.6. The number of carboxylic acids is 1. The highest BCUT2D eigenvalue weighted by Crippen LogP contribution is 2.32. The van der Waals surface area contributed by atoms with Crippen molar-refractivity contribution in [2.45, 2.75) is 39.5 Å². The predicted molar refractivity (Wildman–Crippen MR) is 62.9 cm³/mol. The summed E-state index contributed by atoms with van der Waals surface area (Å²) in [5, 5.41) is 18.6. The number of carbonyl (C=O) groups is 1. The van der Waals surface area contributed by atoms with Gasteiger partial charge in [-0.1, -0.05) is 26.8 Å². The van der Waals surface area contributed by atoms with Crippen molar-refractivity contribution in [2.75, 3.05) is 0 Å². The molecule has 3 heteroatoms. The second kappa shape index (κ2) is 4.16. The molecule has 1 aromatic carbocycles. The molecule has 1 aromatic rings. The lowest BCUT2D eigenvalue weighted by atomic mass is 9.84. The summed E-state index contributed by atoms with van der Waals surface area (Å²) in [4.78, 5) is 10.6. The van der Waals surface area contributed by atoms with Gasteiger partial charge in [-0.2, -0.15) is 0 Å². The van der Waals surface area contributed by atoms with E-state index < -0.39 is 5.97 Å². The zero-order chi connectivity index (χ0) is 12.5. The smallest absolute Gasteiger partial charge is 0.307 e. The van der Waals surface area contributed by atoms with Crippen LogP contribution in [0.1, 0.15) is 37.5 Å². The van der Waals surface area contributed by atoms with E-state index in [1.54, 1.807) is 6.07 Å². The maximum Gasteiger partial charge on any atom is 0.307 e. The first kappa shape index (κ1) is 12.6. The maximum absolute atomic E-state index is 10.6. The zero-order valence-corrected chi connectivity index (χ0v) is 10.2. The van der Waals surface area contributed by atoms with Crippen LogP contribution in [-0.4, -0.2) is 16.2 Å². The first-order chi connectivity index (χ1) is 7.21. The van der Waals surface area contributed by atoms with E-state index in [9.17, 15) is 9.90 Å². The fourth-order valence-electron chi connectivity index (χ4n) is 1.69. The molecule has 0 bridgehead atoms. The molecule has 2 N–H and O–H groups in total. The molecule has 0 aliphatic heterocycles. The summed E-state index contributed by atoms with van der Waals surface area (Å²) in [6.07, 6.45) is -0.0518. The lowest BCUT2D eigenvalue weighted by molar-refractivity contribution is -0.136. The molecule has 88 valence electrons. The molecule has 16 heavy (non-hydrogen) atoms. The van der Waals surface area contributed by atoms with Gasteiger partial charge >= 0.3 is 5.97 Å². The highest BCUT2D eigenvalue weighted by Gasteiger charge is 2.19. The van der Waals surface area contributed by atoms with E-state index in [2.05, 4.69) is 0 Å². The number of hydrogen-bond acceptors (Lipinski definition) is 2.